The van der Waals surface area contributed by atoms with Crippen molar-refractivity contribution < 1.29 is 13.7 Å². The Morgan fingerprint density at radius 3 is 2.79 bits per heavy atom. The first-order valence-electron chi connectivity index (χ1n) is 9.45. The first-order valence-corrected chi connectivity index (χ1v) is 11.4. The SMILES string of the molecule is CC(C)NC(=O)OC1CCC(c2cc(Nc3ccc(NS(C)(=N)=O)cn3)n[nH]2)C1. The molecule has 0 aromatic carbocycles. The van der Waals surface area contributed by atoms with Crippen LogP contribution in [0.15, 0.2) is 24.4 Å². The molecule has 1 amide bonds. The van der Waals surface area contributed by atoms with E-state index in [4.69, 9.17) is 9.52 Å². The van der Waals surface area contributed by atoms with Gasteiger partial charge in [0.2, 0.25) is 0 Å². The van der Waals surface area contributed by atoms with E-state index in [0.29, 0.717) is 17.3 Å². The van der Waals surface area contributed by atoms with Crippen molar-refractivity contribution in [2.24, 2.45) is 0 Å². The van der Waals surface area contributed by atoms with Crippen molar-refractivity contribution >= 4 is 33.3 Å². The number of pyridine rings is 1. The van der Waals surface area contributed by atoms with E-state index >= 15 is 0 Å². The number of nitrogens with zero attached hydrogens (tertiary/aromatic N) is 2. The lowest BCUT2D eigenvalue weighted by atomic mass is 10.0. The topological polar surface area (TPSA) is 145 Å². The third-order valence-corrected chi connectivity index (χ3v) is 5.06. The predicted octanol–water partition coefficient (Wildman–Crippen LogP) is 3.32. The lowest BCUT2D eigenvalue weighted by Crippen LogP contribution is -2.33. The summed E-state index contributed by atoms with van der Waals surface area (Å²) in [7, 11) is -2.84. The molecule has 0 radical (unpaired) electrons. The molecule has 10 nitrogen and oxygen atoms in total. The van der Waals surface area contributed by atoms with Gasteiger partial charge >= 0.3 is 6.09 Å². The summed E-state index contributed by atoms with van der Waals surface area (Å²) in [5.74, 6) is 1.47. The lowest BCUT2D eigenvalue weighted by Gasteiger charge is -2.14. The Morgan fingerprint density at radius 2 is 2.14 bits per heavy atom. The Bertz CT molecular complexity index is 941. The van der Waals surface area contributed by atoms with Gasteiger partial charge in [-0.05, 0) is 45.2 Å². The van der Waals surface area contributed by atoms with Crippen molar-refractivity contribution in [3.63, 3.8) is 0 Å². The Kier molecular flexibility index (Phi) is 6.26. The zero-order valence-corrected chi connectivity index (χ0v) is 17.5. The molecule has 0 spiro atoms. The summed E-state index contributed by atoms with van der Waals surface area (Å²) in [5, 5.41) is 13.2. The highest BCUT2D eigenvalue weighted by atomic mass is 32.2. The van der Waals surface area contributed by atoms with Gasteiger partial charge in [-0.3, -0.25) is 9.82 Å². The fourth-order valence-electron chi connectivity index (χ4n) is 3.24. The van der Waals surface area contributed by atoms with Crippen LogP contribution in [0.4, 0.5) is 22.1 Å². The fourth-order valence-corrected chi connectivity index (χ4v) is 3.82. The van der Waals surface area contributed by atoms with Crippen LogP contribution in [-0.2, 0) is 14.7 Å². The number of nitrogens with one attached hydrogen (secondary N) is 5. The molecule has 1 aliphatic carbocycles. The predicted molar refractivity (Wildman–Crippen MR) is 112 cm³/mol. The van der Waals surface area contributed by atoms with Gasteiger partial charge in [0.1, 0.15) is 21.8 Å². The maximum Gasteiger partial charge on any atom is 0.407 e. The number of H-pyrrole nitrogens is 1. The average Bonchev–Trinajstić information content (AvgIpc) is 3.24. The summed E-state index contributed by atoms with van der Waals surface area (Å²) < 4.78 is 26.9. The second-order valence-corrected chi connectivity index (χ2v) is 9.44. The molecule has 29 heavy (non-hydrogen) atoms. The number of carbonyl (C=O) groups excluding carboxylic acids is 1. The number of aromatic nitrogens is 3. The van der Waals surface area contributed by atoms with Gasteiger partial charge in [0, 0.05) is 30.0 Å². The molecule has 3 rings (SSSR count). The Hall–Kier alpha value is -2.82. The van der Waals surface area contributed by atoms with Crippen LogP contribution in [0.1, 0.15) is 44.7 Å². The third kappa shape index (κ3) is 6.34. The first kappa shape index (κ1) is 20.9. The molecule has 2 heterocycles. The van der Waals surface area contributed by atoms with Gasteiger partial charge in [-0.1, -0.05) is 0 Å². The smallest absolute Gasteiger partial charge is 0.407 e. The molecular weight excluding hydrogens is 394 g/mol. The van der Waals surface area contributed by atoms with Crippen LogP contribution in [0.5, 0.6) is 0 Å². The molecule has 158 valence electrons. The van der Waals surface area contributed by atoms with Gasteiger partial charge in [-0.25, -0.2) is 18.8 Å². The van der Waals surface area contributed by atoms with Gasteiger partial charge in [-0.2, -0.15) is 5.10 Å². The van der Waals surface area contributed by atoms with E-state index in [2.05, 4.69) is 30.5 Å². The number of aromatic amines is 1. The van der Waals surface area contributed by atoms with Crippen LogP contribution >= 0.6 is 0 Å². The molecule has 1 aliphatic rings. The molecule has 11 heteroatoms. The third-order valence-electron chi connectivity index (χ3n) is 4.43. The fraction of sp³-hybridized carbons (Fsp3) is 0.500. The van der Waals surface area contributed by atoms with Crippen LogP contribution in [0.25, 0.3) is 0 Å². The largest absolute Gasteiger partial charge is 0.446 e. The highest BCUT2D eigenvalue weighted by molar-refractivity contribution is 7.93. The number of alkyl carbamates (subject to hydrolysis) is 1. The van der Waals surface area contributed by atoms with E-state index in [-0.39, 0.29) is 24.2 Å². The second kappa shape index (κ2) is 8.68. The minimum absolute atomic E-state index is 0.0532. The first-order chi connectivity index (χ1) is 13.7. The number of hydrogen-bond acceptors (Lipinski definition) is 7. The van der Waals surface area contributed by atoms with Crippen LogP contribution in [0.3, 0.4) is 0 Å². The minimum Gasteiger partial charge on any atom is -0.446 e. The number of hydrogen-bond donors (Lipinski definition) is 5. The number of carbonyl (C=O) groups is 1. The van der Waals surface area contributed by atoms with E-state index in [0.717, 1.165) is 25.0 Å². The highest BCUT2D eigenvalue weighted by Crippen LogP contribution is 2.36. The van der Waals surface area contributed by atoms with Crippen molar-refractivity contribution in [1.29, 1.82) is 4.78 Å². The zero-order valence-electron chi connectivity index (χ0n) is 16.7. The number of rotatable bonds is 7. The van der Waals surface area contributed by atoms with Crippen LogP contribution in [0.2, 0.25) is 0 Å². The molecule has 2 aromatic heterocycles. The molecule has 1 fully saturated rings. The molecule has 3 atom stereocenters. The molecule has 5 N–H and O–H groups in total. The van der Waals surface area contributed by atoms with E-state index in [1.54, 1.807) is 12.1 Å². The average molecular weight is 422 g/mol. The zero-order chi connectivity index (χ0) is 21.0. The Morgan fingerprint density at radius 1 is 1.34 bits per heavy atom. The molecule has 3 unspecified atom stereocenters. The van der Waals surface area contributed by atoms with Gasteiger partial charge < -0.3 is 15.4 Å². The number of amides is 1. The van der Waals surface area contributed by atoms with Crippen LogP contribution < -0.4 is 15.4 Å². The maximum absolute atomic E-state index is 11.8. The summed E-state index contributed by atoms with van der Waals surface area (Å²) in [6.45, 7) is 3.79. The second-order valence-electron chi connectivity index (χ2n) is 7.55. The molecule has 1 saturated carbocycles. The van der Waals surface area contributed by atoms with Gasteiger partial charge in [-0.15, -0.1) is 0 Å². The summed E-state index contributed by atoms with van der Waals surface area (Å²) in [6, 6.07) is 5.39. The summed E-state index contributed by atoms with van der Waals surface area (Å²) in [4.78, 5) is 16.0. The molecule has 0 bridgehead atoms. The van der Waals surface area contributed by atoms with Crippen LogP contribution in [-0.4, -0.2) is 43.9 Å². The summed E-state index contributed by atoms with van der Waals surface area (Å²) in [5.41, 5.74) is 1.50. The Balaban J connectivity index is 1.54. The van der Waals surface area contributed by atoms with Gasteiger partial charge in [0.15, 0.2) is 5.82 Å². The Labute approximate surface area is 170 Å². The minimum atomic E-state index is -2.84. The summed E-state index contributed by atoms with van der Waals surface area (Å²) in [6.07, 6.45) is 4.86. The molecule has 0 aliphatic heterocycles. The van der Waals surface area contributed by atoms with Crippen molar-refractivity contribution in [1.82, 2.24) is 20.5 Å². The van der Waals surface area contributed by atoms with Gasteiger partial charge in [0.05, 0.1) is 11.9 Å². The van der Waals surface area contributed by atoms with E-state index in [1.807, 2.05) is 19.9 Å². The lowest BCUT2D eigenvalue weighted by molar-refractivity contribution is 0.0981. The standard InChI is InChI=1S/C18H27N7O3S/c1-11(2)21-18(26)28-14-6-4-12(8-14)15-9-17(24-23-15)22-16-7-5-13(10-20-16)25-29(3,19)27/h5,7,9-12,14H,4,6,8H2,1-3H3,(H,21,26)(H2,19,25,27)(H2,20,22,23,24). The van der Waals surface area contributed by atoms with Crippen molar-refractivity contribution in [2.75, 3.05) is 16.3 Å². The normalized spacial score (nSPS) is 20.8. The highest BCUT2D eigenvalue weighted by Gasteiger charge is 2.30. The van der Waals surface area contributed by atoms with Crippen molar-refractivity contribution in [2.45, 2.75) is 51.2 Å². The monoisotopic (exact) mass is 421 g/mol. The number of ether oxygens (including phenoxy) is 1. The summed E-state index contributed by atoms with van der Waals surface area (Å²) >= 11 is 0. The van der Waals surface area contributed by atoms with Gasteiger partial charge in [0.25, 0.3) is 0 Å². The maximum atomic E-state index is 11.8. The quantitative estimate of drug-likeness (QED) is 0.464. The van der Waals surface area contributed by atoms with Crippen molar-refractivity contribution in [3.05, 3.63) is 30.1 Å². The van der Waals surface area contributed by atoms with E-state index in [9.17, 15) is 9.00 Å². The van der Waals surface area contributed by atoms with Crippen LogP contribution in [0, 0.1) is 4.78 Å². The molecule has 2 aromatic rings. The molecular formula is C18H27N7O3S. The number of anilines is 3. The van der Waals surface area contributed by atoms with E-state index < -0.39 is 9.92 Å². The van der Waals surface area contributed by atoms with Crippen molar-refractivity contribution in [3.8, 4) is 0 Å². The molecule has 0 saturated heterocycles. The van der Waals surface area contributed by atoms with E-state index in [1.165, 1.54) is 12.5 Å².